The molecular formula is C12H18N4O3. The Hall–Kier alpha value is -1.89. The van der Waals surface area contributed by atoms with E-state index in [0.717, 1.165) is 19.3 Å². The molecule has 4 N–H and O–H groups in total. The van der Waals surface area contributed by atoms with Crippen LogP contribution in [0.2, 0.25) is 0 Å². The van der Waals surface area contributed by atoms with E-state index in [1.54, 1.807) is 4.57 Å². The van der Waals surface area contributed by atoms with Gasteiger partial charge in [0.15, 0.2) is 5.69 Å². The van der Waals surface area contributed by atoms with Gasteiger partial charge in [-0.05, 0) is 12.8 Å². The van der Waals surface area contributed by atoms with Gasteiger partial charge in [-0.25, -0.2) is 9.78 Å². The molecule has 0 spiro atoms. The van der Waals surface area contributed by atoms with Gasteiger partial charge in [0.05, 0.1) is 11.7 Å². The fourth-order valence-corrected chi connectivity index (χ4v) is 2.21. The lowest BCUT2D eigenvalue weighted by atomic mass is 9.68. The zero-order valence-corrected chi connectivity index (χ0v) is 10.6. The Bertz CT molecular complexity index is 474. The first-order valence-corrected chi connectivity index (χ1v) is 6.31. The number of aromatic nitrogens is 2. The molecule has 1 aliphatic rings. The summed E-state index contributed by atoms with van der Waals surface area (Å²) in [5.74, 6) is -1.06. The summed E-state index contributed by atoms with van der Waals surface area (Å²) < 4.78 is 1.64. The maximum Gasteiger partial charge on any atom is 0.356 e. The van der Waals surface area contributed by atoms with Crippen LogP contribution in [0.25, 0.3) is 0 Å². The maximum atomic E-state index is 12.0. The molecule has 0 atom stereocenters. The number of carboxylic acids is 1. The van der Waals surface area contributed by atoms with Crippen LogP contribution < -0.4 is 11.1 Å². The van der Waals surface area contributed by atoms with Crippen molar-refractivity contribution >= 4 is 11.9 Å². The minimum absolute atomic E-state index is 0.000164. The Morgan fingerprint density at radius 2 is 2.26 bits per heavy atom. The molecule has 0 unspecified atom stereocenters. The lowest BCUT2D eigenvalue weighted by Crippen LogP contribution is -2.50. The molecule has 2 rings (SSSR count). The molecule has 1 aromatic rings. The van der Waals surface area contributed by atoms with E-state index in [4.69, 9.17) is 10.8 Å². The number of amides is 1. The van der Waals surface area contributed by atoms with Gasteiger partial charge in [0.1, 0.15) is 0 Å². The smallest absolute Gasteiger partial charge is 0.356 e. The van der Waals surface area contributed by atoms with Crippen molar-refractivity contribution in [1.29, 1.82) is 0 Å². The van der Waals surface area contributed by atoms with E-state index >= 15 is 0 Å². The van der Waals surface area contributed by atoms with E-state index in [1.165, 1.54) is 12.5 Å². The van der Waals surface area contributed by atoms with Crippen molar-refractivity contribution < 1.29 is 14.7 Å². The molecule has 1 aromatic heterocycles. The van der Waals surface area contributed by atoms with Crippen LogP contribution >= 0.6 is 0 Å². The molecule has 1 saturated carbocycles. The summed E-state index contributed by atoms with van der Waals surface area (Å²) in [5.41, 5.74) is 5.28. The third-order valence-electron chi connectivity index (χ3n) is 3.69. The fraction of sp³-hybridized carbons (Fsp3) is 0.583. The van der Waals surface area contributed by atoms with Crippen LogP contribution in [0.15, 0.2) is 12.5 Å². The maximum absolute atomic E-state index is 12.0. The Balaban J connectivity index is 1.79. The van der Waals surface area contributed by atoms with E-state index in [9.17, 15) is 9.59 Å². The van der Waals surface area contributed by atoms with Crippen LogP contribution in [0.4, 0.5) is 0 Å². The van der Waals surface area contributed by atoms with Crippen LogP contribution in [-0.4, -0.2) is 39.6 Å². The monoisotopic (exact) mass is 266 g/mol. The van der Waals surface area contributed by atoms with Crippen molar-refractivity contribution in [3.63, 3.8) is 0 Å². The van der Waals surface area contributed by atoms with Gasteiger partial charge in [0.25, 0.3) is 0 Å². The standard InChI is InChI=1S/C12H18N4O3/c13-7-12(2-1-3-12)11(19)14-4-5-16-6-9(10(17)18)15-8-16/h6,8H,1-5,7,13H2,(H,14,19)(H,17,18). The SMILES string of the molecule is NCC1(C(=O)NCCn2cnc(C(=O)O)c2)CCC1. The van der Waals surface area contributed by atoms with Gasteiger partial charge in [-0.3, -0.25) is 4.79 Å². The molecule has 1 fully saturated rings. The van der Waals surface area contributed by atoms with Crippen LogP contribution in [-0.2, 0) is 11.3 Å². The van der Waals surface area contributed by atoms with Gasteiger partial charge in [0, 0.05) is 25.8 Å². The number of nitrogens with two attached hydrogens (primary N) is 1. The molecule has 0 saturated heterocycles. The third kappa shape index (κ3) is 2.76. The first-order chi connectivity index (χ1) is 9.07. The second kappa shape index (κ2) is 5.40. The highest BCUT2D eigenvalue weighted by molar-refractivity contribution is 5.85. The fourth-order valence-electron chi connectivity index (χ4n) is 2.21. The Morgan fingerprint density at radius 1 is 1.53 bits per heavy atom. The van der Waals surface area contributed by atoms with Crippen molar-refractivity contribution in [2.75, 3.05) is 13.1 Å². The zero-order chi connectivity index (χ0) is 13.9. The van der Waals surface area contributed by atoms with E-state index < -0.39 is 5.97 Å². The highest BCUT2D eigenvalue weighted by Gasteiger charge is 2.42. The number of carboxylic acid groups (broad SMARTS) is 1. The average molecular weight is 266 g/mol. The highest BCUT2D eigenvalue weighted by atomic mass is 16.4. The molecule has 0 aliphatic heterocycles. The van der Waals surface area contributed by atoms with Gasteiger partial charge in [-0.15, -0.1) is 0 Å². The number of nitrogens with one attached hydrogen (secondary N) is 1. The second-order valence-corrected chi connectivity index (χ2v) is 4.90. The molecule has 0 radical (unpaired) electrons. The number of aromatic carboxylic acids is 1. The highest BCUT2D eigenvalue weighted by Crippen LogP contribution is 2.39. The molecule has 0 bridgehead atoms. The van der Waals surface area contributed by atoms with Crippen molar-refractivity contribution in [1.82, 2.24) is 14.9 Å². The molecule has 7 heteroatoms. The molecule has 19 heavy (non-hydrogen) atoms. The molecule has 104 valence electrons. The summed E-state index contributed by atoms with van der Waals surface area (Å²) in [6, 6.07) is 0. The minimum atomic E-state index is -1.06. The van der Waals surface area contributed by atoms with Gasteiger partial charge in [-0.2, -0.15) is 0 Å². The van der Waals surface area contributed by atoms with E-state index in [-0.39, 0.29) is 17.0 Å². The molecule has 1 heterocycles. The van der Waals surface area contributed by atoms with Crippen LogP contribution in [0.3, 0.4) is 0 Å². The molecule has 7 nitrogen and oxygen atoms in total. The van der Waals surface area contributed by atoms with Crippen molar-refractivity contribution in [3.8, 4) is 0 Å². The molecule has 1 aliphatic carbocycles. The topological polar surface area (TPSA) is 110 Å². The van der Waals surface area contributed by atoms with E-state index in [2.05, 4.69) is 10.3 Å². The molecular weight excluding hydrogens is 248 g/mol. The van der Waals surface area contributed by atoms with Gasteiger partial charge >= 0.3 is 5.97 Å². The summed E-state index contributed by atoms with van der Waals surface area (Å²) in [6.45, 7) is 1.32. The summed E-state index contributed by atoms with van der Waals surface area (Å²) >= 11 is 0. The zero-order valence-electron chi connectivity index (χ0n) is 10.6. The molecule has 0 aromatic carbocycles. The van der Waals surface area contributed by atoms with E-state index in [1.807, 2.05) is 0 Å². The van der Waals surface area contributed by atoms with Crippen molar-refractivity contribution in [2.24, 2.45) is 11.1 Å². The summed E-state index contributed by atoms with van der Waals surface area (Å²) in [7, 11) is 0. The summed E-state index contributed by atoms with van der Waals surface area (Å²) in [6.07, 6.45) is 5.63. The largest absolute Gasteiger partial charge is 0.476 e. The first-order valence-electron chi connectivity index (χ1n) is 6.31. The summed E-state index contributed by atoms with van der Waals surface area (Å²) in [4.78, 5) is 26.4. The predicted octanol–water partition coefficient (Wildman–Crippen LogP) is -0.173. The minimum Gasteiger partial charge on any atom is -0.476 e. The van der Waals surface area contributed by atoms with Crippen molar-refractivity contribution in [2.45, 2.75) is 25.8 Å². The van der Waals surface area contributed by atoms with Crippen LogP contribution in [0, 0.1) is 5.41 Å². The number of hydrogen-bond donors (Lipinski definition) is 3. The number of carbonyl (C=O) groups is 2. The van der Waals surface area contributed by atoms with Gasteiger partial charge in [0.2, 0.25) is 5.91 Å². The quantitative estimate of drug-likeness (QED) is 0.662. The Labute approximate surface area is 110 Å². The van der Waals surface area contributed by atoms with Gasteiger partial charge < -0.3 is 20.7 Å². The van der Waals surface area contributed by atoms with E-state index in [0.29, 0.717) is 19.6 Å². The van der Waals surface area contributed by atoms with Gasteiger partial charge in [-0.1, -0.05) is 6.42 Å². The van der Waals surface area contributed by atoms with Crippen LogP contribution in [0.5, 0.6) is 0 Å². The van der Waals surface area contributed by atoms with Crippen LogP contribution in [0.1, 0.15) is 29.8 Å². The first kappa shape index (κ1) is 13.5. The number of rotatable bonds is 6. The average Bonchev–Trinajstić information content (AvgIpc) is 2.77. The third-order valence-corrected chi connectivity index (χ3v) is 3.69. The lowest BCUT2D eigenvalue weighted by Gasteiger charge is -2.39. The lowest BCUT2D eigenvalue weighted by molar-refractivity contribution is -0.135. The number of imidazole rings is 1. The normalized spacial score (nSPS) is 16.7. The number of carbonyl (C=O) groups excluding carboxylic acids is 1. The molecule has 1 amide bonds. The van der Waals surface area contributed by atoms with Crippen molar-refractivity contribution in [3.05, 3.63) is 18.2 Å². The Morgan fingerprint density at radius 3 is 2.74 bits per heavy atom. The number of hydrogen-bond acceptors (Lipinski definition) is 4. The Kier molecular flexibility index (Phi) is 3.84. The predicted molar refractivity (Wildman–Crippen MR) is 67.5 cm³/mol. The second-order valence-electron chi connectivity index (χ2n) is 4.90. The summed E-state index contributed by atoms with van der Waals surface area (Å²) in [5, 5.41) is 11.6. The number of nitrogens with zero attached hydrogens (tertiary/aromatic N) is 2.